The van der Waals surface area contributed by atoms with E-state index in [9.17, 15) is 4.39 Å². The molecular weight excluding hydrogens is 331 g/mol. The molecule has 0 unspecified atom stereocenters. The Morgan fingerprint density at radius 3 is 2.73 bits per heavy atom. The van der Waals surface area contributed by atoms with E-state index in [0.29, 0.717) is 31.1 Å². The van der Waals surface area contributed by atoms with Crippen molar-refractivity contribution in [2.24, 2.45) is 12.0 Å². The first-order valence-corrected chi connectivity index (χ1v) is 9.26. The van der Waals surface area contributed by atoms with E-state index in [1.807, 2.05) is 30.7 Å². The Hall–Kier alpha value is -2.44. The predicted octanol–water partition coefficient (Wildman–Crippen LogP) is 2.48. The molecule has 0 atom stereocenters. The van der Waals surface area contributed by atoms with Crippen LogP contribution in [-0.2, 0) is 20.0 Å². The summed E-state index contributed by atoms with van der Waals surface area (Å²) in [5, 5.41) is 15.1. The van der Waals surface area contributed by atoms with Gasteiger partial charge in [0.1, 0.15) is 18.2 Å². The first kappa shape index (κ1) is 18.4. The molecule has 1 heterocycles. The van der Waals surface area contributed by atoms with Crippen LogP contribution in [0.3, 0.4) is 0 Å². The Bertz CT molecular complexity index is 748. The smallest absolute Gasteiger partial charge is 0.191 e. The predicted molar refractivity (Wildman–Crippen MR) is 100 cm³/mol. The SMILES string of the molecule is Cc1nnc(CN=C(NCCc2ccccc2F)NC2CCCC2)n1C. The van der Waals surface area contributed by atoms with Gasteiger partial charge >= 0.3 is 0 Å². The van der Waals surface area contributed by atoms with Gasteiger partial charge < -0.3 is 15.2 Å². The summed E-state index contributed by atoms with van der Waals surface area (Å²) in [6.07, 6.45) is 5.45. The minimum absolute atomic E-state index is 0.161. The van der Waals surface area contributed by atoms with E-state index in [2.05, 4.69) is 25.8 Å². The quantitative estimate of drug-likeness (QED) is 0.615. The fraction of sp³-hybridized carbons (Fsp3) is 0.526. The lowest BCUT2D eigenvalue weighted by molar-refractivity contribution is 0.597. The van der Waals surface area contributed by atoms with Crippen molar-refractivity contribution in [2.45, 2.75) is 51.6 Å². The maximum Gasteiger partial charge on any atom is 0.191 e. The second kappa shape index (κ2) is 8.78. The summed E-state index contributed by atoms with van der Waals surface area (Å²) >= 11 is 0. The van der Waals surface area contributed by atoms with Gasteiger partial charge in [-0.1, -0.05) is 31.0 Å². The summed E-state index contributed by atoms with van der Waals surface area (Å²) in [6.45, 7) is 3.00. The molecule has 1 aromatic carbocycles. The van der Waals surface area contributed by atoms with Crippen molar-refractivity contribution in [3.8, 4) is 0 Å². The normalized spacial score (nSPS) is 15.4. The van der Waals surface area contributed by atoms with Crippen LogP contribution in [0.4, 0.5) is 4.39 Å². The maximum absolute atomic E-state index is 13.8. The van der Waals surface area contributed by atoms with E-state index in [4.69, 9.17) is 0 Å². The molecule has 26 heavy (non-hydrogen) atoms. The van der Waals surface area contributed by atoms with E-state index in [0.717, 1.165) is 30.5 Å². The molecule has 0 spiro atoms. The summed E-state index contributed by atoms with van der Waals surface area (Å²) in [5.41, 5.74) is 0.712. The number of hydrogen-bond donors (Lipinski definition) is 2. The van der Waals surface area contributed by atoms with Crippen molar-refractivity contribution in [1.82, 2.24) is 25.4 Å². The van der Waals surface area contributed by atoms with E-state index < -0.39 is 0 Å². The van der Waals surface area contributed by atoms with E-state index in [1.54, 1.807) is 6.07 Å². The summed E-state index contributed by atoms with van der Waals surface area (Å²) in [5.74, 6) is 2.29. The lowest BCUT2D eigenvalue weighted by atomic mass is 10.1. The van der Waals surface area contributed by atoms with Crippen molar-refractivity contribution in [3.05, 3.63) is 47.3 Å². The van der Waals surface area contributed by atoms with Crippen molar-refractivity contribution in [1.29, 1.82) is 0 Å². The van der Waals surface area contributed by atoms with E-state index in [-0.39, 0.29) is 5.82 Å². The summed E-state index contributed by atoms with van der Waals surface area (Å²) < 4.78 is 15.7. The van der Waals surface area contributed by atoms with Gasteiger partial charge in [0.2, 0.25) is 0 Å². The van der Waals surface area contributed by atoms with Gasteiger partial charge in [0.25, 0.3) is 0 Å². The van der Waals surface area contributed by atoms with Gasteiger partial charge in [0, 0.05) is 19.6 Å². The Labute approximate surface area is 153 Å². The van der Waals surface area contributed by atoms with Crippen LogP contribution in [0, 0.1) is 12.7 Å². The molecule has 1 saturated carbocycles. The number of aliphatic imine (C=N–C) groups is 1. The average molecular weight is 358 g/mol. The zero-order chi connectivity index (χ0) is 18.4. The highest BCUT2D eigenvalue weighted by atomic mass is 19.1. The zero-order valence-corrected chi connectivity index (χ0v) is 15.5. The number of nitrogens with one attached hydrogen (secondary N) is 2. The second-order valence-electron chi connectivity index (χ2n) is 6.78. The van der Waals surface area contributed by atoms with Gasteiger partial charge in [-0.05, 0) is 37.8 Å². The molecule has 1 fully saturated rings. The molecule has 7 heteroatoms. The molecule has 1 aliphatic rings. The second-order valence-corrected chi connectivity index (χ2v) is 6.78. The van der Waals surface area contributed by atoms with Crippen LogP contribution in [0.2, 0.25) is 0 Å². The van der Waals surface area contributed by atoms with Gasteiger partial charge in [0.05, 0.1) is 0 Å². The van der Waals surface area contributed by atoms with Crippen LogP contribution < -0.4 is 10.6 Å². The lowest BCUT2D eigenvalue weighted by Gasteiger charge is -2.17. The van der Waals surface area contributed by atoms with Gasteiger partial charge in [-0.3, -0.25) is 0 Å². The Morgan fingerprint density at radius 1 is 1.27 bits per heavy atom. The van der Waals surface area contributed by atoms with Gasteiger partial charge in [-0.2, -0.15) is 0 Å². The number of halogens is 1. The number of nitrogens with zero attached hydrogens (tertiary/aromatic N) is 4. The van der Waals surface area contributed by atoms with Crippen LogP contribution in [0.25, 0.3) is 0 Å². The number of hydrogen-bond acceptors (Lipinski definition) is 3. The topological polar surface area (TPSA) is 67.1 Å². The monoisotopic (exact) mass is 358 g/mol. The van der Waals surface area contributed by atoms with E-state index >= 15 is 0 Å². The molecule has 2 aromatic rings. The first-order chi connectivity index (χ1) is 12.6. The van der Waals surface area contributed by atoms with Crippen LogP contribution in [0.5, 0.6) is 0 Å². The minimum Gasteiger partial charge on any atom is -0.356 e. The molecule has 2 N–H and O–H groups in total. The van der Waals surface area contributed by atoms with Crippen LogP contribution in [0.15, 0.2) is 29.3 Å². The molecule has 1 aromatic heterocycles. The minimum atomic E-state index is -0.161. The Kier molecular flexibility index (Phi) is 6.20. The van der Waals surface area contributed by atoms with E-state index in [1.165, 1.54) is 18.9 Å². The standard InChI is InChI=1S/C19H27FN6/c1-14-24-25-18(26(14)2)13-22-19(23-16-8-4-5-9-16)21-12-11-15-7-3-6-10-17(15)20/h3,6-7,10,16H,4-5,8-9,11-13H2,1-2H3,(H2,21,22,23). The van der Waals surface area contributed by atoms with Gasteiger partial charge in [-0.15, -0.1) is 10.2 Å². The molecule has 1 aliphatic carbocycles. The number of aryl methyl sites for hydroxylation is 1. The molecule has 3 rings (SSSR count). The molecule has 0 saturated heterocycles. The summed E-state index contributed by atoms with van der Waals surface area (Å²) in [4.78, 5) is 4.66. The van der Waals surface area contributed by atoms with Crippen molar-refractivity contribution < 1.29 is 4.39 Å². The van der Waals surface area contributed by atoms with Crippen LogP contribution >= 0.6 is 0 Å². The molecule has 140 valence electrons. The Morgan fingerprint density at radius 2 is 2.04 bits per heavy atom. The fourth-order valence-corrected chi connectivity index (χ4v) is 3.17. The lowest BCUT2D eigenvalue weighted by Crippen LogP contribution is -2.43. The highest BCUT2D eigenvalue weighted by Crippen LogP contribution is 2.17. The Balaban J connectivity index is 1.61. The third-order valence-corrected chi connectivity index (χ3v) is 4.90. The van der Waals surface area contributed by atoms with Crippen molar-refractivity contribution in [3.63, 3.8) is 0 Å². The van der Waals surface area contributed by atoms with Crippen molar-refractivity contribution >= 4 is 5.96 Å². The van der Waals surface area contributed by atoms with Gasteiger partial charge in [-0.25, -0.2) is 9.38 Å². The number of benzene rings is 1. The molecule has 0 amide bonds. The number of aromatic nitrogens is 3. The molecule has 0 aliphatic heterocycles. The summed E-state index contributed by atoms with van der Waals surface area (Å²) in [6, 6.07) is 7.35. The highest BCUT2D eigenvalue weighted by Gasteiger charge is 2.16. The molecule has 0 radical (unpaired) electrons. The molecular formula is C19H27FN6. The molecule has 6 nitrogen and oxygen atoms in total. The largest absolute Gasteiger partial charge is 0.356 e. The van der Waals surface area contributed by atoms with Crippen molar-refractivity contribution in [2.75, 3.05) is 6.54 Å². The summed E-state index contributed by atoms with van der Waals surface area (Å²) in [7, 11) is 1.94. The maximum atomic E-state index is 13.8. The third-order valence-electron chi connectivity index (χ3n) is 4.90. The average Bonchev–Trinajstić information content (AvgIpc) is 3.25. The molecule has 0 bridgehead atoms. The van der Waals surface area contributed by atoms with Crippen LogP contribution in [-0.4, -0.2) is 33.3 Å². The zero-order valence-electron chi connectivity index (χ0n) is 15.5. The highest BCUT2D eigenvalue weighted by molar-refractivity contribution is 5.80. The van der Waals surface area contributed by atoms with Crippen LogP contribution in [0.1, 0.15) is 42.9 Å². The fourth-order valence-electron chi connectivity index (χ4n) is 3.17. The number of rotatable bonds is 6. The first-order valence-electron chi connectivity index (χ1n) is 9.26. The third kappa shape index (κ3) is 4.80. The van der Waals surface area contributed by atoms with Gasteiger partial charge in [0.15, 0.2) is 11.8 Å². The number of guanidine groups is 1.